The zero-order valence-corrected chi connectivity index (χ0v) is 13.2. The minimum atomic E-state index is -0.279. The fourth-order valence-corrected chi connectivity index (χ4v) is 2.33. The molecular weight excluding hydrogens is 325 g/mol. The molecule has 0 unspecified atom stereocenters. The van der Waals surface area contributed by atoms with E-state index in [2.05, 4.69) is 5.32 Å². The van der Waals surface area contributed by atoms with Gasteiger partial charge in [-0.2, -0.15) is 0 Å². The molecule has 2 N–H and O–H groups in total. The maximum Gasteiger partial charge on any atom is 0.258 e. The molecule has 0 bridgehead atoms. The van der Waals surface area contributed by atoms with E-state index in [0.717, 1.165) is 11.1 Å². The Kier molecular flexibility index (Phi) is 6.07. The Balaban J connectivity index is 1.85. The Morgan fingerprint density at radius 2 is 1.86 bits per heavy atom. The van der Waals surface area contributed by atoms with Crippen molar-refractivity contribution in [3.8, 4) is 5.75 Å². The van der Waals surface area contributed by atoms with E-state index in [1.54, 1.807) is 18.2 Å². The predicted molar refractivity (Wildman–Crippen MR) is 86.2 cm³/mol. The molecule has 1 amide bonds. The van der Waals surface area contributed by atoms with Crippen LogP contribution in [-0.2, 0) is 17.9 Å². The fraction of sp³-hybridized carbons (Fsp3) is 0.188. The number of carbonyl (C=O) groups is 1. The maximum atomic E-state index is 11.8. The van der Waals surface area contributed by atoms with Crippen LogP contribution in [0.2, 0.25) is 10.0 Å². The van der Waals surface area contributed by atoms with Crippen LogP contribution in [0.25, 0.3) is 0 Å². The Morgan fingerprint density at radius 1 is 1.14 bits per heavy atom. The number of halogens is 2. The van der Waals surface area contributed by atoms with Gasteiger partial charge in [0.2, 0.25) is 0 Å². The summed E-state index contributed by atoms with van der Waals surface area (Å²) in [7, 11) is 0. The summed E-state index contributed by atoms with van der Waals surface area (Å²) in [6, 6.07) is 12.1. The first kappa shape index (κ1) is 16.6. The minimum absolute atomic E-state index is 0.0665. The topological polar surface area (TPSA) is 58.6 Å². The lowest BCUT2D eigenvalue weighted by Crippen LogP contribution is -2.28. The van der Waals surface area contributed by atoms with Crippen LogP contribution in [0.3, 0.4) is 0 Å². The van der Waals surface area contributed by atoms with Gasteiger partial charge in [0.25, 0.3) is 5.91 Å². The van der Waals surface area contributed by atoms with Crippen LogP contribution in [0.1, 0.15) is 11.1 Å². The summed E-state index contributed by atoms with van der Waals surface area (Å²) in [5, 5.41) is 12.8. The molecule has 6 heteroatoms. The van der Waals surface area contributed by atoms with Gasteiger partial charge in [0.1, 0.15) is 5.75 Å². The SMILES string of the molecule is O=C(COc1ccc(Cl)cc1Cl)NCc1ccccc1CO. The minimum Gasteiger partial charge on any atom is -0.482 e. The molecule has 0 aliphatic carbocycles. The number of aliphatic hydroxyl groups is 1. The van der Waals surface area contributed by atoms with Gasteiger partial charge in [0, 0.05) is 11.6 Å². The van der Waals surface area contributed by atoms with Crippen LogP contribution in [0.15, 0.2) is 42.5 Å². The molecule has 4 nitrogen and oxygen atoms in total. The van der Waals surface area contributed by atoms with Gasteiger partial charge in [-0.3, -0.25) is 4.79 Å². The number of hydrogen-bond acceptors (Lipinski definition) is 3. The molecule has 0 aromatic heterocycles. The number of amides is 1. The zero-order chi connectivity index (χ0) is 15.9. The Morgan fingerprint density at radius 3 is 2.55 bits per heavy atom. The summed E-state index contributed by atoms with van der Waals surface area (Å²) in [4.78, 5) is 11.8. The van der Waals surface area contributed by atoms with E-state index in [-0.39, 0.29) is 19.1 Å². The van der Waals surface area contributed by atoms with Crippen molar-refractivity contribution in [2.45, 2.75) is 13.2 Å². The molecule has 116 valence electrons. The first-order valence-corrected chi connectivity index (χ1v) is 7.38. The highest BCUT2D eigenvalue weighted by Gasteiger charge is 2.07. The van der Waals surface area contributed by atoms with Gasteiger partial charge in [-0.1, -0.05) is 47.5 Å². The van der Waals surface area contributed by atoms with Crippen molar-refractivity contribution in [3.05, 3.63) is 63.6 Å². The predicted octanol–water partition coefficient (Wildman–Crippen LogP) is 3.18. The van der Waals surface area contributed by atoms with Crippen LogP contribution in [0, 0.1) is 0 Å². The Labute approximate surface area is 138 Å². The quantitative estimate of drug-likeness (QED) is 0.849. The zero-order valence-electron chi connectivity index (χ0n) is 11.7. The summed E-state index contributed by atoms with van der Waals surface area (Å²) < 4.78 is 5.35. The lowest BCUT2D eigenvalue weighted by Gasteiger charge is -2.10. The van der Waals surface area contributed by atoms with E-state index in [9.17, 15) is 9.90 Å². The number of carbonyl (C=O) groups excluding carboxylic acids is 1. The maximum absolute atomic E-state index is 11.8. The fourth-order valence-electron chi connectivity index (χ4n) is 1.86. The standard InChI is InChI=1S/C16H15Cl2NO3/c17-13-5-6-15(14(18)7-13)22-10-16(21)19-8-11-3-1-2-4-12(11)9-20/h1-7,20H,8-10H2,(H,19,21). The highest BCUT2D eigenvalue weighted by Crippen LogP contribution is 2.27. The molecule has 0 fully saturated rings. The Bertz CT molecular complexity index is 662. The van der Waals surface area contributed by atoms with Crippen molar-refractivity contribution in [3.63, 3.8) is 0 Å². The number of benzene rings is 2. The largest absolute Gasteiger partial charge is 0.482 e. The lowest BCUT2D eigenvalue weighted by molar-refractivity contribution is -0.123. The third kappa shape index (κ3) is 4.63. The number of rotatable bonds is 6. The summed E-state index contributed by atoms with van der Waals surface area (Å²) >= 11 is 11.7. The molecular formula is C16H15Cl2NO3. The Hall–Kier alpha value is -1.75. The second-order valence-electron chi connectivity index (χ2n) is 4.57. The van der Waals surface area contributed by atoms with Gasteiger partial charge >= 0.3 is 0 Å². The molecule has 0 saturated heterocycles. The molecule has 0 aliphatic heterocycles. The third-order valence-corrected chi connectivity index (χ3v) is 3.55. The average molecular weight is 340 g/mol. The number of aliphatic hydroxyl groups excluding tert-OH is 1. The van der Waals surface area contributed by atoms with Crippen LogP contribution >= 0.6 is 23.2 Å². The average Bonchev–Trinajstić information content (AvgIpc) is 2.52. The molecule has 22 heavy (non-hydrogen) atoms. The van der Waals surface area contributed by atoms with Crippen molar-refractivity contribution in [1.82, 2.24) is 5.32 Å². The van der Waals surface area contributed by atoms with Gasteiger partial charge in [-0.15, -0.1) is 0 Å². The van der Waals surface area contributed by atoms with Crippen LogP contribution < -0.4 is 10.1 Å². The highest BCUT2D eigenvalue weighted by molar-refractivity contribution is 6.35. The van der Waals surface area contributed by atoms with E-state index in [4.69, 9.17) is 27.9 Å². The number of nitrogens with one attached hydrogen (secondary N) is 1. The first-order chi connectivity index (χ1) is 10.6. The van der Waals surface area contributed by atoms with Gasteiger partial charge in [-0.25, -0.2) is 0 Å². The molecule has 0 aliphatic rings. The second kappa shape index (κ2) is 8.03. The van der Waals surface area contributed by atoms with E-state index < -0.39 is 0 Å². The van der Waals surface area contributed by atoms with Crippen LogP contribution in [-0.4, -0.2) is 17.6 Å². The number of ether oxygens (including phenoxy) is 1. The van der Waals surface area contributed by atoms with Gasteiger partial charge < -0.3 is 15.2 Å². The normalized spacial score (nSPS) is 10.3. The molecule has 0 atom stereocenters. The van der Waals surface area contributed by atoms with E-state index in [1.807, 2.05) is 24.3 Å². The lowest BCUT2D eigenvalue weighted by atomic mass is 10.1. The van der Waals surface area contributed by atoms with Gasteiger partial charge in [0.15, 0.2) is 6.61 Å². The molecule has 0 radical (unpaired) electrons. The van der Waals surface area contributed by atoms with Crippen molar-refractivity contribution >= 4 is 29.1 Å². The molecule has 2 aromatic carbocycles. The van der Waals surface area contributed by atoms with Crippen molar-refractivity contribution in [2.75, 3.05) is 6.61 Å². The summed E-state index contributed by atoms with van der Waals surface area (Å²) in [6.45, 7) is 0.110. The molecule has 0 heterocycles. The molecule has 0 saturated carbocycles. The van der Waals surface area contributed by atoms with Crippen molar-refractivity contribution < 1.29 is 14.6 Å². The van der Waals surface area contributed by atoms with Gasteiger partial charge in [-0.05, 0) is 29.3 Å². The smallest absolute Gasteiger partial charge is 0.258 e. The van der Waals surface area contributed by atoms with E-state index in [0.29, 0.717) is 22.3 Å². The summed E-state index contributed by atoms with van der Waals surface area (Å²) in [5.41, 5.74) is 1.65. The summed E-state index contributed by atoms with van der Waals surface area (Å²) in [5.74, 6) is 0.121. The molecule has 2 rings (SSSR count). The van der Waals surface area contributed by atoms with Crippen molar-refractivity contribution in [1.29, 1.82) is 0 Å². The third-order valence-electron chi connectivity index (χ3n) is 3.02. The first-order valence-electron chi connectivity index (χ1n) is 6.62. The monoisotopic (exact) mass is 339 g/mol. The van der Waals surface area contributed by atoms with E-state index >= 15 is 0 Å². The van der Waals surface area contributed by atoms with Gasteiger partial charge in [0.05, 0.1) is 11.6 Å². The van der Waals surface area contributed by atoms with E-state index in [1.165, 1.54) is 0 Å². The van der Waals surface area contributed by atoms with Crippen molar-refractivity contribution in [2.24, 2.45) is 0 Å². The van der Waals surface area contributed by atoms with Crippen LogP contribution in [0.4, 0.5) is 0 Å². The number of hydrogen-bond donors (Lipinski definition) is 2. The summed E-state index contributed by atoms with van der Waals surface area (Å²) in [6.07, 6.45) is 0. The molecule has 2 aromatic rings. The molecule has 0 spiro atoms. The highest BCUT2D eigenvalue weighted by atomic mass is 35.5. The second-order valence-corrected chi connectivity index (χ2v) is 5.41. The van der Waals surface area contributed by atoms with Crippen LogP contribution in [0.5, 0.6) is 5.75 Å².